The van der Waals surface area contributed by atoms with Gasteiger partial charge in [0.2, 0.25) is 0 Å². The van der Waals surface area contributed by atoms with Crippen LogP contribution < -0.4 is 15.7 Å². The maximum Gasteiger partial charge on any atom is 0.350 e. The first-order valence-electron chi connectivity index (χ1n) is 8.39. The summed E-state index contributed by atoms with van der Waals surface area (Å²) in [5.41, 5.74) is 0.388. The second kappa shape index (κ2) is 8.45. The Morgan fingerprint density at radius 3 is 2.85 bits per heavy atom. The molecule has 0 fully saturated rings. The number of hydrogen-bond donors (Lipinski definition) is 1. The molecular formula is C18H18Cl2N4O3. The van der Waals surface area contributed by atoms with Gasteiger partial charge in [0.1, 0.15) is 5.75 Å². The lowest BCUT2D eigenvalue weighted by Gasteiger charge is -2.15. The second-order valence-corrected chi connectivity index (χ2v) is 6.76. The topological polar surface area (TPSA) is 77.6 Å². The number of benzene rings is 1. The Bertz CT molecular complexity index is 1020. The maximum absolute atomic E-state index is 12.2. The number of carbonyl (C=O) groups is 1. The summed E-state index contributed by atoms with van der Waals surface area (Å²) in [6.07, 6.45) is 1.51. The zero-order valence-electron chi connectivity index (χ0n) is 14.6. The number of amides is 1. The molecule has 0 saturated heterocycles. The molecule has 0 spiro atoms. The number of rotatable bonds is 7. The van der Waals surface area contributed by atoms with Crippen LogP contribution in [0, 0.1) is 0 Å². The van der Waals surface area contributed by atoms with Gasteiger partial charge in [0, 0.05) is 24.3 Å². The summed E-state index contributed by atoms with van der Waals surface area (Å²) in [4.78, 5) is 24.3. The Balaban J connectivity index is 1.48. The number of aryl methyl sites for hydroxylation is 1. The maximum atomic E-state index is 12.2. The molecule has 3 aromatic rings. The molecule has 0 aliphatic heterocycles. The standard InChI is InChI=1S/C18H18Cl2N4O3/c1-12(27-15-7-6-13(19)11-14(15)20)17(25)21-8-4-10-24-18(26)23-9-3-2-5-16(23)22-24/h2-3,5-7,9,11-12H,4,8,10H2,1H3,(H,21,25). The quantitative estimate of drug-likeness (QED) is 0.609. The van der Waals surface area contributed by atoms with Crippen molar-refractivity contribution >= 4 is 34.8 Å². The number of ether oxygens (including phenoxy) is 1. The van der Waals surface area contributed by atoms with Crippen molar-refractivity contribution in [1.29, 1.82) is 0 Å². The van der Waals surface area contributed by atoms with Gasteiger partial charge < -0.3 is 10.1 Å². The number of nitrogens with one attached hydrogen (secondary N) is 1. The molecule has 0 aliphatic carbocycles. The minimum absolute atomic E-state index is 0.203. The summed E-state index contributed by atoms with van der Waals surface area (Å²) in [5.74, 6) is 0.114. The predicted octanol–water partition coefficient (Wildman–Crippen LogP) is 2.78. The molecule has 2 aromatic heterocycles. The van der Waals surface area contributed by atoms with Crippen molar-refractivity contribution < 1.29 is 9.53 Å². The molecule has 0 saturated carbocycles. The van der Waals surface area contributed by atoms with E-state index in [1.54, 1.807) is 43.5 Å². The van der Waals surface area contributed by atoms with Gasteiger partial charge in [0.15, 0.2) is 11.8 Å². The van der Waals surface area contributed by atoms with E-state index in [2.05, 4.69) is 10.4 Å². The second-order valence-electron chi connectivity index (χ2n) is 5.91. The van der Waals surface area contributed by atoms with E-state index in [9.17, 15) is 9.59 Å². The highest BCUT2D eigenvalue weighted by Gasteiger charge is 2.16. The van der Waals surface area contributed by atoms with E-state index in [1.165, 1.54) is 9.08 Å². The summed E-state index contributed by atoms with van der Waals surface area (Å²) in [7, 11) is 0. The molecule has 0 aliphatic rings. The monoisotopic (exact) mass is 408 g/mol. The fourth-order valence-corrected chi connectivity index (χ4v) is 2.97. The molecule has 1 N–H and O–H groups in total. The van der Waals surface area contributed by atoms with Crippen molar-refractivity contribution in [2.24, 2.45) is 0 Å². The van der Waals surface area contributed by atoms with Gasteiger partial charge in [-0.15, -0.1) is 5.10 Å². The van der Waals surface area contributed by atoms with Gasteiger partial charge in [-0.2, -0.15) is 0 Å². The molecule has 142 valence electrons. The van der Waals surface area contributed by atoms with E-state index < -0.39 is 6.10 Å². The molecular weight excluding hydrogens is 391 g/mol. The molecule has 3 rings (SSSR count). The number of carbonyl (C=O) groups excluding carboxylic acids is 1. The Morgan fingerprint density at radius 2 is 2.11 bits per heavy atom. The molecule has 1 aromatic carbocycles. The van der Waals surface area contributed by atoms with Gasteiger partial charge in [-0.3, -0.25) is 9.20 Å². The van der Waals surface area contributed by atoms with E-state index in [0.29, 0.717) is 41.0 Å². The Labute approximate surface area is 165 Å². The van der Waals surface area contributed by atoms with Crippen LogP contribution >= 0.6 is 23.2 Å². The first kappa shape index (κ1) is 19.3. The zero-order valence-corrected chi connectivity index (χ0v) is 16.1. The average Bonchev–Trinajstić information content (AvgIpc) is 2.97. The average molecular weight is 409 g/mol. The lowest BCUT2D eigenvalue weighted by molar-refractivity contribution is -0.127. The number of fused-ring (bicyclic) bond motifs is 1. The molecule has 1 amide bonds. The van der Waals surface area contributed by atoms with Gasteiger partial charge in [-0.25, -0.2) is 9.48 Å². The van der Waals surface area contributed by atoms with Crippen molar-refractivity contribution in [3.05, 3.63) is 63.1 Å². The fourth-order valence-electron chi connectivity index (χ4n) is 2.51. The number of aromatic nitrogens is 3. The minimum atomic E-state index is -0.721. The lowest BCUT2D eigenvalue weighted by atomic mass is 10.3. The molecule has 1 atom stereocenters. The van der Waals surface area contributed by atoms with Gasteiger partial charge in [0.05, 0.1) is 5.02 Å². The van der Waals surface area contributed by atoms with Crippen molar-refractivity contribution in [1.82, 2.24) is 19.5 Å². The highest BCUT2D eigenvalue weighted by Crippen LogP contribution is 2.28. The largest absolute Gasteiger partial charge is 0.479 e. The number of halogens is 2. The zero-order chi connectivity index (χ0) is 19.4. The van der Waals surface area contributed by atoms with Crippen LogP contribution in [0.15, 0.2) is 47.4 Å². The van der Waals surface area contributed by atoms with Gasteiger partial charge in [-0.1, -0.05) is 29.3 Å². The van der Waals surface area contributed by atoms with Crippen molar-refractivity contribution in [3.8, 4) is 5.75 Å². The number of pyridine rings is 1. The summed E-state index contributed by atoms with van der Waals surface area (Å²) < 4.78 is 8.42. The molecule has 0 radical (unpaired) electrons. The lowest BCUT2D eigenvalue weighted by Crippen LogP contribution is -2.37. The third-order valence-corrected chi connectivity index (χ3v) is 4.43. The van der Waals surface area contributed by atoms with Crippen molar-refractivity contribution in [3.63, 3.8) is 0 Å². The number of nitrogens with zero attached hydrogens (tertiary/aromatic N) is 3. The van der Waals surface area contributed by atoms with Crippen molar-refractivity contribution in [2.45, 2.75) is 26.0 Å². The van der Waals surface area contributed by atoms with Crippen LogP contribution in [-0.4, -0.2) is 32.7 Å². The molecule has 7 nitrogen and oxygen atoms in total. The van der Waals surface area contributed by atoms with Crippen LogP contribution in [0.3, 0.4) is 0 Å². The first-order valence-corrected chi connectivity index (χ1v) is 9.15. The van der Waals surface area contributed by atoms with Crippen LogP contribution in [0.5, 0.6) is 5.75 Å². The highest BCUT2D eigenvalue weighted by atomic mass is 35.5. The SMILES string of the molecule is CC(Oc1ccc(Cl)cc1Cl)C(=O)NCCCn1nc2ccccn2c1=O. The summed E-state index contributed by atoms with van der Waals surface area (Å²) in [5, 5.41) is 7.85. The van der Waals surface area contributed by atoms with E-state index in [1.807, 2.05) is 6.07 Å². The minimum Gasteiger partial charge on any atom is -0.479 e. The molecule has 9 heteroatoms. The molecule has 27 heavy (non-hydrogen) atoms. The van der Waals surface area contributed by atoms with E-state index in [-0.39, 0.29) is 11.6 Å². The van der Waals surface area contributed by atoms with Crippen LogP contribution in [0.1, 0.15) is 13.3 Å². The fraction of sp³-hybridized carbons (Fsp3) is 0.278. The van der Waals surface area contributed by atoms with E-state index in [4.69, 9.17) is 27.9 Å². The van der Waals surface area contributed by atoms with Crippen LogP contribution in [0.2, 0.25) is 10.0 Å². The summed E-state index contributed by atoms with van der Waals surface area (Å²) >= 11 is 11.9. The normalized spacial score (nSPS) is 12.1. The summed E-state index contributed by atoms with van der Waals surface area (Å²) in [6, 6.07) is 10.2. The Kier molecular flexibility index (Phi) is 6.03. The van der Waals surface area contributed by atoms with E-state index in [0.717, 1.165) is 0 Å². The number of hydrogen-bond acceptors (Lipinski definition) is 4. The smallest absolute Gasteiger partial charge is 0.350 e. The van der Waals surface area contributed by atoms with Crippen LogP contribution in [0.25, 0.3) is 5.65 Å². The van der Waals surface area contributed by atoms with Gasteiger partial charge >= 0.3 is 5.69 Å². The molecule has 1 unspecified atom stereocenters. The molecule has 0 bridgehead atoms. The third kappa shape index (κ3) is 4.61. The molecule has 2 heterocycles. The van der Waals surface area contributed by atoms with Crippen molar-refractivity contribution in [2.75, 3.05) is 6.54 Å². The third-order valence-electron chi connectivity index (χ3n) is 3.90. The van der Waals surface area contributed by atoms with Crippen LogP contribution in [0.4, 0.5) is 0 Å². The van der Waals surface area contributed by atoms with Gasteiger partial charge in [-0.05, 0) is 43.7 Å². The summed E-state index contributed by atoms with van der Waals surface area (Å²) in [6.45, 7) is 2.42. The Hall–Kier alpha value is -2.51. The van der Waals surface area contributed by atoms with Crippen LogP contribution in [-0.2, 0) is 11.3 Å². The Morgan fingerprint density at radius 1 is 1.30 bits per heavy atom. The first-order chi connectivity index (χ1) is 13.0. The predicted molar refractivity (Wildman–Crippen MR) is 104 cm³/mol. The highest BCUT2D eigenvalue weighted by molar-refractivity contribution is 6.35. The van der Waals surface area contributed by atoms with E-state index >= 15 is 0 Å². The van der Waals surface area contributed by atoms with Gasteiger partial charge in [0.25, 0.3) is 5.91 Å².